The summed E-state index contributed by atoms with van der Waals surface area (Å²) >= 11 is 10.4. The van der Waals surface area contributed by atoms with Crippen molar-refractivity contribution in [3.63, 3.8) is 0 Å². The highest BCUT2D eigenvalue weighted by atomic mass is 35.5. The van der Waals surface area contributed by atoms with Crippen molar-refractivity contribution in [3.05, 3.63) is 64.7 Å². The van der Waals surface area contributed by atoms with Crippen LogP contribution in [0.1, 0.15) is 11.1 Å². The van der Waals surface area contributed by atoms with Crippen LogP contribution in [0, 0.1) is 6.92 Å². The van der Waals surface area contributed by atoms with E-state index in [2.05, 4.69) is 17.9 Å². The normalized spacial score (nSPS) is 11.9. The van der Waals surface area contributed by atoms with Gasteiger partial charge in [0, 0.05) is 10.7 Å². The van der Waals surface area contributed by atoms with Gasteiger partial charge in [-0.25, -0.2) is 0 Å². The predicted octanol–water partition coefficient (Wildman–Crippen LogP) is 4.13. The van der Waals surface area contributed by atoms with Crippen LogP contribution in [0.2, 0.25) is 5.02 Å². The van der Waals surface area contributed by atoms with E-state index in [1.165, 1.54) is 0 Å². The summed E-state index contributed by atoms with van der Waals surface area (Å²) in [7, 11) is 0. The third-order valence-electron chi connectivity index (χ3n) is 3.10. The van der Waals surface area contributed by atoms with Crippen molar-refractivity contribution in [3.8, 4) is 0 Å². The lowest BCUT2D eigenvalue weighted by molar-refractivity contribution is -0.115. The lowest BCUT2D eigenvalue weighted by atomic mass is 10.1. The molecule has 0 bridgehead atoms. The highest BCUT2D eigenvalue weighted by Crippen LogP contribution is 2.23. The second kappa shape index (κ2) is 6.82. The largest absolute Gasteiger partial charge is 0.325 e. The number of rotatable bonds is 4. The number of thiol groups is 1. The monoisotopic (exact) mass is 305 g/mol. The Morgan fingerprint density at radius 2 is 1.90 bits per heavy atom. The van der Waals surface area contributed by atoms with Crippen LogP contribution < -0.4 is 5.32 Å². The van der Waals surface area contributed by atoms with Gasteiger partial charge in [-0.3, -0.25) is 4.79 Å². The van der Waals surface area contributed by atoms with Gasteiger partial charge in [0.1, 0.15) is 0 Å². The number of hydrogen-bond donors (Lipinski definition) is 2. The number of amides is 1. The van der Waals surface area contributed by atoms with Crippen LogP contribution in [-0.4, -0.2) is 11.2 Å². The summed E-state index contributed by atoms with van der Waals surface area (Å²) in [4.78, 5) is 12.1. The molecule has 20 heavy (non-hydrogen) atoms. The number of anilines is 1. The molecule has 0 aliphatic rings. The van der Waals surface area contributed by atoms with E-state index in [9.17, 15) is 4.79 Å². The Morgan fingerprint density at radius 1 is 1.20 bits per heavy atom. The van der Waals surface area contributed by atoms with Crippen LogP contribution in [0.5, 0.6) is 0 Å². The fraction of sp³-hybridized carbons (Fsp3) is 0.188. The zero-order valence-corrected chi connectivity index (χ0v) is 12.8. The molecule has 0 spiro atoms. The van der Waals surface area contributed by atoms with Crippen molar-refractivity contribution >= 4 is 35.8 Å². The van der Waals surface area contributed by atoms with E-state index in [0.29, 0.717) is 11.4 Å². The summed E-state index contributed by atoms with van der Waals surface area (Å²) in [5, 5.41) is 3.12. The molecule has 0 fully saturated rings. The van der Waals surface area contributed by atoms with Crippen molar-refractivity contribution in [1.29, 1.82) is 0 Å². The summed E-state index contributed by atoms with van der Waals surface area (Å²) in [6.45, 7) is 1.88. The van der Waals surface area contributed by atoms with E-state index in [-0.39, 0.29) is 5.91 Å². The summed E-state index contributed by atoms with van der Waals surface area (Å²) in [6.07, 6.45) is 0.593. The van der Waals surface area contributed by atoms with Gasteiger partial charge in [-0.2, -0.15) is 12.6 Å². The van der Waals surface area contributed by atoms with Crippen LogP contribution in [0.15, 0.2) is 48.5 Å². The second-order valence-electron chi connectivity index (χ2n) is 4.61. The maximum atomic E-state index is 12.1. The van der Waals surface area contributed by atoms with Gasteiger partial charge in [-0.05, 0) is 36.6 Å². The molecule has 0 saturated heterocycles. The van der Waals surface area contributed by atoms with Gasteiger partial charge >= 0.3 is 0 Å². The molecule has 4 heteroatoms. The van der Waals surface area contributed by atoms with Crippen LogP contribution >= 0.6 is 24.2 Å². The molecule has 1 atom stereocenters. The van der Waals surface area contributed by atoms with Gasteiger partial charge in [0.15, 0.2) is 0 Å². The maximum Gasteiger partial charge on any atom is 0.237 e. The predicted molar refractivity (Wildman–Crippen MR) is 87.7 cm³/mol. The molecule has 1 amide bonds. The number of benzene rings is 2. The molecule has 0 aromatic heterocycles. The molecular formula is C16H16ClNOS. The summed E-state index contributed by atoms with van der Waals surface area (Å²) in [6, 6.07) is 15.3. The first-order valence-corrected chi connectivity index (χ1v) is 7.25. The molecule has 0 heterocycles. The van der Waals surface area contributed by atoms with Gasteiger partial charge < -0.3 is 5.32 Å². The molecule has 0 radical (unpaired) electrons. The van der Waals surface area contributed by atoms with Crippen molar-refractivity contribution in [2.24, 2.45) is 0 Å². The summed E-state index contributed by atoms with van der Waals surface area (Å²) in [5.74, 6) is -0.123. The van der Waals surface area contributed by atoms with E-state index >= 15 is 0 Å². The smallest absolute Gasteiger partial charge is 0.237 e. The Hall–Kier alpha value is -1.45. The van der Waals surface area contributed by atoms with E-state index < -0.39 is 5.25 Å². The highest BCUT2D eigenvalue weighted by molar-refractivity contribution is 7.81. The van der Waals surface area contributed by atoms with E-state index in [4.69, 9.17) is 11.6 Å². The molecule has 1 unspecified atom stereocenters. The first-order chi connectivity index (χ1) is 9.58. The molecule has 2 nitrogen and oxygen atoms in total. The number of nitrogens with one attached hydrogen (secondary N) is 1. The van der Waals surface area contributed by atoms with Crippen molar-refractivity contribution < 1.29 is 4.79 Å². The average Bonchev–Trinajstić information content (AvgIpc) is 2.45. The number of halogens is 1. The number of hydrogen-bond acceptors (Lipinski definition) is 2. The van der Waals surface area contributed by atoms with Gasteiger partial charge in [-0.1, -0.05) is 48.0 Å². The Labute approximate surface area is 129 Å². The number of carbonyl (C=O) groups is 1. The van der Waals surface area contributed by atoms with Crippen molar-refractivity contribution in [2.75, 3.05) is 5.32 Å². The molecule has 0 aliphatic carbocycles. The Kier molecular flexibility index (Phi) is 5.10. The van der Waals surface area contributed by atoms with Gasteiger partial charge in [0.2, 0.25) is 5.91 Å². The van der Waals surface area contributed by atoms with Crippen molar-refractivity contribution in [1.82, 2.24) is 0 Å². The Balaban J connectivity index is 2.03. The van der Waals surface area contributed by atoms with Crippen LogP contribution in [0.4, 0.5) is 5.69 Å². The number of carbonyl (C=O) groups excluding carboxylic acids is 1. The SMILES string of the molecule is Cc1c(Cl)cccc1NC(=O)C(S)Cc1ccccc1. The Bertz CT molecular complexity index is 601. The summed E-state index contributed by atoms with van der Waals surface area (Å²) < 4.78 is 0. The van der Waals surface area contributed by atoms with Crippen molar-refractivity contribution in [2.45, 2.75) is 18.6 Å². The zero-order chi connectivity index (χ0) is 14.5. The molecule has 1 N–H and O–H groups in total. The minimum absolute atomic E-state index is 0.123. The fourth-order valence-corrected chi connectivity index (χ4v) is 2.34. The van der Waals surface area contributed by atoms with E-state index in [1.807, 2.05) is 49.4 Å². The van der Waals surface area contributed by atoms with Crippen LogP contribution in [0.3, 0.4) is 0 Å². The molecule has 0 saturated carbocycles. The quantitative estimate of drug-likeness (QED) is 0.817. The minimum atomic E-state index is -0.393. The molecule has 0 aliphatic heterocycles. The second-order valence-corrected chi connectivity index (χ2v) is 5.64. The minimum Gasteiger partial charge on any atom is -0.325 e. The first-order valence-electron chi connectivity index (χ1n) is 6.36. The first kappa shape index (κ1) is 14.9. The van der Waals surface area contributed by atoms with Gasteiger partial charge in [0.25, 0.3) is 0 Å². The topological polar surface area (TPSA) is 29.1 Å². The van der Waals surface area contributed by atoms with E-state index in [0.717, 1.165) is 16.8 Å². The third-order valence-corrected chi connectivity index (χ3v) is 3.93. The zero-order valence-electron chi connectivity index (χ0n) is 11.1. The maximum absolute atomic E-state index is 12.1. The molecular weight excluding hydrogens is 290 g/mol. The molecule has 2 rings (SSSR count). The summed E-state index contributed by atoms with van der Waals surface area (Å²) in [5.41, 5.74) is 2.68. The Morgan fingerprint density at radius 3 is 2.60 bits per heavy atom. The standard InChI is InChI=1S/C16H16ClNOS/c1-11-13(17)8-5-9-14(11)18-16(19)15(20)10-12-6-3-2-4-7-12/h2-9,15,20H,10H2,1H3,(H,18,19). The van der Waals surface area contributed by atoms with Crippen LogP contribution in [0.25, 0.3) is 0 Å². The van der Waals surface area contributed by atoms with Crippen LogP contribution in [-0.2, 0) is 11.2 Å². The average molecular weight is 306 g/mol. The molecule has 2 aromatic carbocycles. The van der Waals surface area contributed by atoms with E-state index in [1.54, 1.807) is 6.07 Å². The van der Waals surface area contributed by atoms with Gasteiger partial charge in [0.05, 0.1) is 5.25 Å². The lowest BCUT2D eigenvalue weighted by Crippen LogP contribution is -2.25. The highest BCUT2D eigenvalue weighted by Gasteiger charge is 2.15. The lowest BCUT2D eigenvalue weighted by Gasteiger charge is -2.14. The third kappa shape index (κ3) is 3.78. The van der Waals surface area contributed by atoms with Gasteiger partial charge in [-0.15, -0.1) is 0 Å². The fourth-order valence-electron chi connectivity index (χ4n) is 1.89. The molecule has 104 valence electrons. The molecule has 2 aromatic rings.